The first-order valence-electron chi connectivity index (χ1n) is 13.1. The van der Waals surface area contributed by atoms with E-state index in [2.05, 4.69) is 6.92 Å². The lowest BCUT2D eigenvalue weighted by Crippen LogP contribution is -2.10. The highest BCUT2D eigenvalue weighted by Gasteiger charge is 2.09. The molecule has 0 aliphatic rings. The van der Waals surface area contributed by atoms with Crippen LogP contribution in [-0.2, 0) is 20.7 Å². The molecule has 0 radical (unpaired) electrons. The largest absolute Gasteiger partial charge is 0.466 e. The first-order valence-corrected chi connectivity index (χ1v) is 13.1. The van der Waals surface area contributed by atoms with Gasteiger partial charge in [0.15, 0.2) is 0 Å². The molecule has 0 saturated carbocycles. The van der Waals surface area contributed by atoms with Gasteiger partial charge in [0.1, 0.15) is 5.75 Å². The van der Waals surface area contributed by atoms with Gasteiger partial charge in [0.2, 0.25) is 0 Å². The number of carbonyl (C=O) groups excluding carboxylic acids is 2. The molecule has 0 heterocycles. The second kappa shape index (κ2) is 19.8. The molecule has 0 bridgehead atoms. The van der Waals surface area contributed by atoms with Crippen LogP contribution in [-0.4, -0.2) is 18.5 Å². The molecule has 0 saturated heterocycles. The van der Waals surface area contributed by atoms with Gasteiger partial charge in [-0.2, -0.15) is 0 Å². The highest BCUT2D eigenvalue weighted by atomic mass is 16.5. The number of hydrogen-bond acceptors (Lipinski definition) is 4. The molecule has 0 aliphatic heterocycles. The molecule has 0 aliphatic carbocycles. The van der Waals surface area contributed by atoms with Gasteiger partial charge in [-0.1, -0.05) is 103 Å². The zero-order valence-electron chi connectivity index (χ0n) is 20.7. The first kappa shape index (κ1) is 28.2. The Morgan fingerprint density at radius 3 is 1.78 bits per heavy atom. The number of rotatable bonds is 20. The van der Waals surface area contributed by atoms with Gasteiger partial charge in [-0.25, -0.2) is 0 Å². The quantitative estimate of drug-likeness (QED) is 0.116. The molecular formula is C28H46O4. The smallest absolute Gasteiger partial charge is 0.311 e. The summed E-state index contributed by atoms with van der Waals surface area (Å²) in [5.74, 6) is 0.246. The van der Waals surface area contributed by atoms with Crippen molar-refractivity contribution in [3.63, 3.8) is 0 Å². The van der Waals surface area contributed by atoms with E-state index in [1.807, 2.05) is 31.2 Å². The molecule has 0 unspecified atom stereocenters. The van der Waals surface area contributed by atoms with Crippen LogP contribution in [0.2, 0.25) is 0 Å². The molecule has 4 nitrogen and oxygen atoms in total. The van der Waals surface area contributed by atoms with Crippen molar-refractivity contribution < 1.29 is 19.1 Å². The maximum Gasteiger partial charge on any atom is 0.311 e. The second-order valence-electron chi connectivity index (χ2n) is 8.75. The highest BCUT2D eigenvalue weighted by Crippen LogP contribution is 2.19. The summed E-state index contributed by atoms with van der Waals surface area (Å²) >= 11 is 0. The topological polar surface area (TPSA) is 52.6 Å². The molecule has 4 heteroatoms. The van der Waals surface area contributed by atoms with Crippen LogP contribution in [0.4, 0.5) is 0 Å². The summed E-state index contributed by atoms with van der Waals surface area (Å²) in [4.78, 5) is 23.8. The van der Waals surface area contributed by atoms with Gasteiger partial charge in [0.25, 0.3) is 0 Å². The number of ether oxygens (including phenoxy) is 2. The van der Waals surface area contributed by atoms with Gasteiger partial charge in [0, 0.05) is 12.8 Å². The van der Waals surface area contributed by atoms with E-state index in [-0.39, 0.29) is 11.9 Å². The zero-order chi connectivity index (χ0) is 23.3. The number of aryl methyl sites for hydroxylation is 1. The molecule has 1 aromatic carbocycles. The SMILES string of the molecule is CCCCCCCCCCCCCCOC(=O)CCCCC(=O)Oc1ccccc1CC. The minimum absolute atomic E-state index is 0.155. The average Bonchev–Trinajstić information content (AvgIpc) is 2.80. The molecule has 0 atom stereocenters. The summed E-state index contributed by atoms with van der Waals surface area (Å²) in [5, 5.41) is 0. The maximum atomic E-state index is 12.0. The van der Waals surface area contributed by atoms with Crippen LogP contribution >= 0.6 is 0 Å². The minimum Gasteiger partial charge on any atom is -0.466 e. The lowest BCUT2D eigenvalue weighted by atomic mass is 10.1. The van der Waals surface area contributed by atoms with Crippen molar-refractivity contribution >= 4 is 11.9 Å². The predicted molar refractivity (Wildman–Crippen MR) is 132 cm³/mol. The minimum atomic E-state index is -0.240. The van der Waals surface area contributed by atoms with E-state index in [1.54, 1.807) is 0 Å². The van der Waals surface area contributed by atoms with Crippen molar-refractivity contribution in [2.75, 3.05) is 6.61 Å². The molecule has 1 rings (SSSR count). The van der Waals surface area contributed by atoms with E-state index in [9.17, 15) is 9.59 Å². The number of hydrogen-bond donors (Lipinski definition) is 0. The standard InChI is InChI=1S/C28H46O4/c1-3-5-6-7-8-9-10-11-12-13-14-19-24-31-27(29)22-17-18-23-28(30)32-26-21-16-15-20-25(26)4-2/h15-16,20-21H,3-14,17-19,22-24H2,1-2H3. The van der Waals surface area contributed by atoms with Crippen LogP contribution in [0, 0.1) is 0 Å². The Morgan fingerprint density at radius 1 is 0.656 bits per heavy atom. The monoisotopic (exact) mass is 446 g/mol. The summed E-state index contributed by atoms with van der Waals surface area (Å²) in [6, 6.07) is 7.60. The summed E-state index contributed by atoms with van der Waals surface area (Å²) in [6.07, 6.45) is 18.4. The van der Waals surface area contributed by atoms with Crippen molar-refractivity contribution in [2.45, 2.75) is 123 Å². The molecule has 182 valence electrons. The summed E-state index contributed by atoms with van der Waals surface area (Å²) in [6.45, 7) is 4.82. The van der Waals surface area contributed by atoms with Crippen LogP contribution in [0.25, 0.3) is 0 Å². The van der Waals surface area contributed by atoms with Crippen molar-refractivity contribution in [3.05, 3.63) is 29.8 Å². The molecule has 1 aromatic rings. The predicted octanol–water partition coefficient (Wildman–Crippen LogP) is 7.96. The van der Waals surface area contributed by atoms with Crippen LogP contribution < -0.4 is 4.74 Å². The van der Waals surface area contributed by atoms with Crippen molar-refractivity contribution in [1.82, 2.24) is 0 Å². The fraction of sp³-hybridized carbons (Fsp3) is 0.714. The van der Waals surface area contributed by atoms with E-state index in [4.69, 9.17) is 9.47 Å². The van der Waals surface area contributed by atoms with Crippen LogP contribution in [0.5, 0.6) is 5.75 Å². The van der Waals surface area contributed by atoms with Gasteiger partial charge < -0.3 is 9.47 Å². The number of benzene rings is 1. The Balaban J connectivity index is 1.90. The van der Waals surface area contributed by atoms with Crippen LogP contribution in [0.3, 0.4) is 0 Å². The van der Waals surface area contributed by atoms with E-state index in [0.717, 1.165) is 24.8 Å². The summed E-state index contributed by atoms with van der Waals surface area (Å²) in [7, 11) is 0. The average molecular weight is 447 g/mol. The van der Waals surface area contributed by atoms with Gasteiger partial charge in [-0.15, -0.1) is 0 Å². The molecule has 0 aromatic heterocycles. The van der Waals surface area contributed by atoms with E-state index < -0.39 is 0 Å². The number of unbranched alkanes of at least 4 members (excludes halogenated alkanes) is 12. The lowest BCUT2D eigenvalue weighted by molar-refractivity contribution is -0.144. The van der Waals surface area contributed by atoms with E-state index >= 15 is 0 Å². The first-order chi connectivity index (χ1) is 15.7. The fourth-order valence-corrected chi connectivity index (χ4v) is 3.81. The normalized spacial score (nSPS) is 10.8. The Hall–Kier alpha value is -1.84. The Labute approximate surface area is 196 Å². The lowest BCUT2D eigenvalue weighted by Gasteiger charge is -2.08. The zero-order valence-corrected chi connectivity index (χ0v) is 20.7. The Morgan fingerprint density at radius 2 is 1.19 bits per heavy atom. The Kier molecular flexibility index (Phi) is 17.5. The van der Waals surface area contributed by atoms with Crippen LogP contribution in [0.1, 0.15) is 122 Å². The van der Waals surface area contributed by atoms with E-state index in [1.165, 1.54) is 64.2 Å². The van der Waals surface area contributed by atoms with E-state index in [0.29, 0.717) is 38.0 Å². The molecular weight excluding hydrogens is 400 g/mol. The summed E-state index contributed by atoms with van der Waals surface area (Å²) in [5.41, 5.74) is 1.03. The molecule has 0 N–H and O–H groups in total. The number of carbonyl (C=O) groups is 2. The van der Waals surface area contributed by atoms with Gasteiger partial charge >= 0.3 is 11.9 Å². The Bertz CT molecular complexity index is 611. The van der Waals surface area contributed by atoms with Crippen molar-refractivity contribution in [1.29, 1.82) is 0 Å². The maximum absolute atomic E-state index is 12.0. The molecule has 0 spiro atoms. The number of para-hydroxylation sites is 1. The van der Waals surface area contributed by atoms with Gasteiger partial charge in [-0.3, -0.25) is 9.59 Å². The van der Waals surface area contributed by atoms with Crippen molar-refractivity contribution in [3.8, 4) is 5.75 Å². The molecule has 0 fully saturated rings. The third-order valence-corrected chi connectivity index (χ3v) is 5.85. The number of esters is 2. The third kappa shape index (κ3) is 15.0. The molecule has 32 heavy (non-hydrogen) atoms. The third-order valence-electron chi connectivity index (χ3n) is 5.85. The molecule has 0 amide bonds. The van der Waals surface area contributed by atoms with Crippen LogP contribution in [0.15, 0.2) is 24.3 Å². The highest BCUT2D eigenvalue weighted by molar-refractivity contribution is 5.73. The van der Waals surface area contributed by atoms with Crippen molar-refractivity contribution in [2.24, 2.45) is 0 Å². The van der Waals surface area contributed by atoms with Gasteiger partial charge in [-0.05, 0) is 37.3 Å². The fourth-order valence-electron chi connectivity index (χ4n) is 3.81. The van der Waals surface area contributed by atoms with Gasteiger partial charge in [0.05, 0.1) is 6.61 Å². The second-order valence-corrected chi connectivity index (χ2v) is 8.75. The summed E-state index contributed by atoms with van der Waals surface area (Å²) < 4.78 is 10.8.